The summed E-state index contributed by atoms with van der Waals surface area (Å²) in [5.74, 6) is 2.27. The molecule has 1 heterocycles. The molecule has 0 atom stereocenters. The maximum Gasteiger partial charge on any atom is 0.218 e. The monoisotopic (exact) mass is 223 g/mol. The van der Waals surface area contributed by atoms with Gasteiger partial charge in [-0.05, 0) is 27.2 Å². The molecule has 1 aromatic heterocycles. The molecule has 1 N–H and O–H groups in total. The third-order valence-corrected chi connectivity index (χ3v) is 1.93. The molecule has 0 bridgehead atoms. The highest BCUT2D eigenvalue weighted by Gasteiger charge is 2.12. The molecule has 0 aliphatic heterocycles. The van der Waals surface area contributed by atoms with Crippen molar-refractivity contribution in [2.45, 2.75) is 46.1 Å². The van der Waals surface area contributed by atoms with Crippen LogP contribution in [0.4, 0.5) is 5.82 Å². The van der Waals surface area contributed by atoms with Crippen LogP contribution in [0.1, 0.15) is 39.9 Å². The number of hydrogen-bond donors (Lipinski definition) is 1. The van der Waals surface area contributed by atoms with Crippen molar-refractivity contribution in [1.82, 2.24) is 9.97 Å². The molecule has 0 unspecified atom stereocenters. The molecule has 90 valence electrons. The highest BCUT2D eigenvalue weighted by molar-refractivity contribution is 5.40. The molecule has 0 saturated carbocycles. The van der Waals surface area contributed by atoms with Crippen LogP contribution < -0.4 is 10.1 Å². The minimum Gasteiger partial charge on any atom is -0.481 e. The minimum atomic E-state index is -0.0111. The Balaban J connectivity index is 2.95. The van der Waals surface area contributed by atoms with Gasteiger partial charge in [-0.3, -0.25) is 0 Å². The number of methoxy groups -OCH3 is 1. The fraction of sp³-hybridized carbons (Fsp3) is 0.667. The molecule has 0 spiro atoms. The first-order valence-corrected chi connectivity index (χ1v) is 5.64. The molecular formula is C12H21N3O. The molecule has 0 saturated heterocycles. The van der Waals surface area contributed by atoms with Gasteiger partial charge in [0.1, 0.15) is 11.6 Å². The maximum atomic E-state index is 5.17. The number of rotatable bonds is 4. The van der Waals surface area contributed by atoms with Gasteiger partial charge in [-0.25, -0.2) is 4.98 Å². The van der Waals surface area contributed by atoms with E-state index >= 15 is 0 Å². The van der Waals surface area contributed by atoms with Crippen LogP contribution in [0, 0.1) is 0 Å². The number of ether oxygens (including phenoxy) is 1. The first-order valence-electron chi connectivity index (χ1n) is 5.64. The quantitative estimate of drug-likeness (QED) is 0.852. The number of aromatic nitrogens is 2. The van der Waals surface area contributed by atoms with Crippen molar-refractivity contribution in [1.29, 1.82) is 0 Å². The highest BCUT2D eigenvalue weighted by atomic mass is 16.5. The zero-order valence-corrected chi connectivity index (χ0v) is 10.8. The lowest BCUT2D eigenvalue weighted by atomic mass is 10.1. The Hall–Kier alpha value is -1.32. The van der Waals surface area contributed by atoms with E-state index < -0.39 is 0 Å². The first-order chi connectivity index (χ1) is 7.44. The lowest BCUT2D eigenvalue weighted by Gasteiger charge is -2.21. The predicted molar refractivity (Wildman–Crippen MR) is 66.0 cm³/mol. The van der Waals surface area contributed by atoms with E-state index in [0.717, 1.165) is 24.5 Å². The van der Waals surface area contributed by atoms with Gasteiger partial charge in [-0.2, -0.15) is 4.98 Å². The SMILES string of the molecule is CCCc1nc(NC(C)(C)C)cc(OC)n1. The van der Waals surface area contributed by atoms with Crippen LogP contribution in [0.5, 0.6) is 5.88 Å². The van der Waals surface area contributed by atoms with E-state index in [0.29, 0.717) is 5.88 Å². The Kier molecular flexibility index (Phi) is 4.10. The molecule has 1 rings (SSSR count). The summed E-state index contributed by atoms with van der Waals surface area (Å²) in [6.07, 6.45) is 1.90. The summed E-state index contributed by atoms with van der Waals surface area (Å²) in [5.41, 5.74) is -0.0111. The minimum absolute atomic E-state index is 0.0111. The zero-order valence-electron chi connectivity index (χ0n) is 10.8. The Labute approximate surface area is 97.5 Å². The first kappa shape index (κ1) is 12.7. The van der Waals surface area contributed by atoms with E-state index in [1.54, 1.807) is 7.11 Å². The van der Waals surface area contributed by atoms with Gasteiger partial charge < -0.3 is 10.1 Å². The van der Waals surface area contributed by atoms with Gasteiger partial charge in [0.2, 0.25) is 5.88 Å². The Morgan fingerprint density at radius 2 is 2.00 bits per heavy atom. The van der Waals surface area contributed by atoms with Crippen molar-refractivity contribution in [3.8, 4) is 5.88 Å². The summed E-state index contributed by atoms with van der Waals surface area (Å²) in [4.78, 5) is 8.75. The maximum absolute atomic E-state index is 5.17. The summed E-state index contributed by atoms with van der Waals surface area (Å²) in [6, 6.07) is 1.82. The molecule has 4 nitrogen and oxygen atoms in total. The fourth-order valence-electron chi connectivity index (χ4n) is 1.36. The van der Waals surface area contributed by atoms with E-state index in [9.17, 15) is 0 Å². The molecule has 4 heteroatoms. The Morgan fingerprint density at radius 1 is 1.31 bits per heavy atom. The number of nitrogens with zero attached hydrogens (tertiary/aromatic N) is 2. The van der Waals surface area contributed by atoms with Crippen LogP contribution in [0.15, 0.2) is 6.07 Å². The predicted octanol–water partition coefficient (Wildman–Crippen LogP) is 2.65. The number of anilines is 1. The number of hydrogen-bond acceptors (Lipinski definition) is 4. The van der Waals surface area contributed by atoms with Crippen LogP contribution in [0.25, 0.3) is 0 Å². The zero-order chi connectivity index (χ0) is 12.2. The average Bonchev–Trinajstić information content (AvgIpc) is 2.15. The molecule has 16 heavy (non-hydrogen) atoms. The summed E-state index contributed by atoms with van der Waals surface area (Å²) < 4.78 is 5.17. The summed E-state index contributed by atoms with van der Waals surface area (Å²) >= 11 is 0. The third kappa shape index (κ3) is 4.04. The van der Waals surface area contributed by atoms with Gasteiger partial charge in [0.15, 0.2) is 0 Å². The van der Waals surface area contributed by atoms with Crippen LogP contribution in [-0.4, -0.2) is 22.6 Å². The van der Waals surface area contributed by atoms with Gasteiger partial charge >= 0.3 is 0 Å². The van der Waals surface area contributed by atoms with E-state index in [1.807, 2.05) is 6.07 Å². The summed E-state index contributed by atoms with van der Waals surface area (Å²) in [5, 5.41) is 3.32. The smallest absolute Gasteiger partial charge is 0.218 e. The second-order valence-corrected chi connectivity index (χ2v) is 4.84. The van der Waals surface area contributed by atoms with Gasteiger partial charge in [0.25, 0.3) is 0 Å². The van der Waals surface area contributed by atoms with Crippen molar-refractivity contribution in [2.75, 3.05) is 12.4 Å². The van der Waals surface area contributed by atoms with Gasteiger partial charge in [0, 0.05) is 18.0 Å². The van der Waals surface area contributed by atoms with Crippen LogP contribution in [0.3, 0.4) is 0 Å². The molecule has 0 aliphatic carbocycles. The summed E-state index contributed by atoms with van der Waals surface area (Å²) in [6.45, 7) is 8.41. The van der Waals surface area contributed by atoms with Crippen molar-refractivity contribution in [2.24, 2.45) is 0 Å². The topological polar surface area (TPSA) is 47.0 Å². The summed E-state index contributed by atoms with van der Waals surface area (Å²) in [7, 11) is 1.62. The van der Waals surface area contributed by atoms with Crippen molar-refractivity contribution in [3.63, 3.8) is 0 Å². The molecule has 0 radical (unpaired) electrons. The number of nitrogens with one attached hydrogen (secondary N) is 1. The molecule has 0 aromatic carbocycles. The lowest BCUT2D eigenvalue weighted by molar-refractivity contribution is 0.394. The second-order valence-electron chi connectivity index (χ2n) is 4.84. The third-order valence-electron chi connectivity index (χ3n) is 1.93. The van der Waals surface area contributed by atoms with Crippen molar-refractivity contribution < 1.29 is 4.74 Å². The number of aryl methyl sites for hydroxylation is 1. The van der Waals surface area contributed by atoms with Crippen molar-refractivity contribution >= 4 is 5.82 Å². The van der Waals surface area contributed by atoms with Gasteiger partial charge in [-0.1, -0.05) is 6.92 Å². The molecule has 0 amide bonds. The second kappa shape index (κ2) is 5.14. The van der Waals surface area contributed by atoms with E-state index in [-0.39, 0.29) is 5.54 Å². The highest BCUT2D eigenvalue weighted by Crippen LogP contribution is 2.17. The van der Waals surface area contributed by atoms with Gasteiger partial charge in [-0.15, -0.1) is 0 Å². The van der Waals surface area contributed by atoms with Crippen molar-refractivity contribution in [3.05, 3.63) is 11.9 Å². The van der Waals surface area contributed by atoms with Crippen LogP contribution in [0.2, 0.25) is 0 Å². The van der Waals surface area contributed by atoms with E-state index in [1.165, 1.54) is 0 Å². The van der Waals surface area contributed by atoms with Gasteiger partial charge in [0.05, 0.1) is 7.11 Å². The largest absolute Gasteiger partial charge is 0.481 e. The lowest BCUT2D eigenvalue weighted by Crippen LogP contribution is -2.27. The Morgan fingerprint density at radius 3 is 2.50 bits per heavy atom. The van der Waals surface area contributed by atoms with E-state index in [4.69, 9.17) is 4.74 Å². The molecule has 1 aromatic rings. The Bertz CT molecular complexity index is 345. The fourth-order valence-corrected chi connectivity index (χ4v) is 1.36. The van der Waals surface area contributed by atoms with E-state index in [2.05, 4.69) is 43.0 Å². The molecule has 0 aliphatic rings. The van der Waals surface area contributed by atoms with Crippen LogP contribution in [-0.2, 0) is 6.42 Å². The molecular weight excluding hydrogens is 202 g/mol. The van der Waals surface area contributed by atoms with Crippen LogP contribution >= 0.6 is 0 Å². The average molecular weight is 223 g/mol. The molecule has 0 fully saturated rings. The normalized spacial score (nSPS) is 11.3. The standard InChI is InChI=1S/C12H21N3O/c1-6-7-9-13-10(15-12(2,3)4)8-11(14-9)16-5/h8H,6-7H2,1-5H3,(H,13,14,15).